The second kappa shape index (κ2) is 5.94. The Labute approximate surface area is 142 Å². The van der Waals surface area contributed by atoms with Crippen LogP contribution in [0, 0.1) is 6.92 Å². The Morgan fingerprint density at radius 3 is 2.75 bits per heavy atom. The van der Waals surface area contributed by atoms with Crippen molar-refractivity contribution in [1.82, 2.24) is 4.98 Å². The zero-order chi connectivity index (χ0) is 16.5. The van der Waals surface area contributed by atoms with Gasteiger partial charge in [-0.15, -0.1) is 11.3 Å². The molecule has 0 bridgehead atoms. The van der Waals surface area contributed by atoms with Gasteiger partial charge >= 0.3 is 0 Å². The van der Waals surface area contributed by atoms with E-state index < -0.39 is 0 Å². The van der Waals surface area contributed by atoms with E-state index in [1.165, 1.54) is 28.4 Å². The summed E-state index contributed by atoms with van der Waals surface area (Å²) in [6.45, 7) is 1.76. The SMILES string of the molecule is Cc1occc1C(=O)Nc1nc(-c2ccc3ccccc3c2)cs1. The van der Waals surface area contributed by atoms with Crippen LogP contribution in [0.3, 0.4) is 0 Å². The van der Waals surface area contributed by atoms with Gasteiger partial charge in [-0.3, -0.25) is 10.1 Å². The summed E-state index contributed by atoms with van der Waals surface area (Å²) < 4.78 is 5.16. The highest BCUT2D eigenvalue weighted by atomic mass is 32.1. The highest BCUT2D eigenvalue weighted by molar-refractivity contribution is 7.14. The molecule has 1 amide bonds. The summed E-state index contributed by atoms with van der Waals surface area (Å²) in [7, 11) is 0. The van der Waals surface area contributed by atoms with Crippen molar-refractivity contribution in [3.63, 3.8) is 0 Å². The predicted molar refractivity (Wildman–Crippen MR) is 96.5 cm³/mol. The molecule has 2 heterocycles. The van der Waals surface area contributed by atoms with E-state index in [2.05, 4.69) is 34.6 Å². The summed E-state index contributed by atoms with van der Waals surface area (Å²) in [5.74, 6) is 0.388. The van der Waals surface area contributed by atoms with Gasteiger partial charge in [0.1, 0.15) is 5.76 Å². The van der Waals surface area contributed by atoms with Gasteiger partial charge in [0.25, 0.3) is 5.91 Å². The number of amides is 1. The number of carbonyl (C=O) groups is 1. The van der Waals surface area contributed by atoms with E-state index in [0.717, 1.165) is 11.3 Å². The molecule has 4 nitrogen and oxygen atoms in total. The minimum Gasteiger partial charge on any atom is -0.469 e. The average Bonchev–Trinajstić information content (AvgIpc) is 3.23. The maximum absolute atomic E-state index is 12.2. The molecule has 0 aliphatic heterocycles. The molecule has 0 atom stereocenters. The highest BCUT2D eigenvalue weighted by Crippen LogP contribution is 2.28. The molecule has 0 aliphatic rings. The van der Waals surface area contributed by atoms with Gasteiger partial charge in [0, 0.05) is 10.9 Å². The van der Waals surface area contributed by atoms with Gasteiger partial charge in [-0.1, -0.05) is 36.4 Å². The van der Waals surface area contributed by atoms with E-state index in [-0.39, 0.29) is 5.91 Å². The lowest BCUT2D eigenvalue weighted by atomic mass is 10.1. The first-order valence-electron chi connectivity index (χ1n) is 7.51. The molecular weight excluding hydrogens is 320 g/mol. The third-order valence-electron chi connectivity index (χ3n) is 3.87. The maximum Gasteiger partial charge on any atom is 0.260 e. The van der Waals surface area contributed by atoms with Crippen LogP contribution in [0.15, 0.2) is 64.6 Å². The quantitative estimate of drug-likeness (QED) is 0.566. The number of aryl methyl sites for hydroxylation is 1. The lowest BCUT2D eigenvalue weighted by molar-refractivity contribution is 0.102. The number of thiazole rings is 1. The van der Waals surface area contributed by atoms with Gasteiger partial charge in [-0.05, 0) is 29.8 Å². The number of rotatable bonds is 3. The minimum absolute atomic E-state index is 0.208. The summed E-state index contributed by atoms with van der Waals surface area (Å²) in [5, 5.41) is 7.70. The largest absolute Gasteiger partial charge is 0.469 e. The Balaban J connectivity index is 1.59. The van der Waals surface area contributed by atoms with E-state index in [0.29, 0.717) is 16.5 Å². The number of fused-ring (bicyclic) bond motifs is 1. The number of aromatic nitrogens is 1. The number of anilines is 1. The molecule has 4 aromatic rings. The first kappa shape index (κ1) is 14.7. The summed E-state index contributed by atoms with van der Waals surface area (Å²) in [4.78, 5) is 16.7. The van der Waals surface area contributed by atoms with Crippen molar-refractivity contribution in [2.24, 2.45) is 0 Å². The number of nitrogens with zero attached hydrogens (tertiary/aromatic N) is 1. The van der Waals surface area contributed by atoms with Crippen molar-refractivity contribution in [1.29, 1.82) is 0 Å². The van der Waals surface area contributed by atoms with Crippen molar-refractivity contribution >= 4 is 33.1 Å². The summed E-state index contributed by atoms with van der Waals surface area (Å²) in [5.41, 5.74) is 2.41. The number of nitrogens with one attached hydrogen (secondary N) is 1. The molecule has 0 aliphatic carbocycles. The van der Waals surface area contributed by atoms with Crippen molar-refractivity contribution in [2.75, 3.05) is 5.32 Å². The van der Waals surface area contributed by atoms with Gasteiger partial charge in [-0.2, -0.15) is 0 Å². The maximum atomic E-state index is 12.2. The van der Waals surface area contributed by atoms with Crippen LogP contribution in [-0.2, 0) is 0 Å². The molecule has 0 saturated heterocycles. The Morgan fingerprint density at radius 2 is 1.96 bits per heavy atom. The number of carbonyl (C=O) groups excluding carboxylic acids is 1. The molecule has 4 rings (SSSR count). The molecule has 2 aromatic heterocycles. The Hall–Kier alpha value is -2.92. The van der Waals surface area contributed by atoms with Gasteiger partial charge in [0.05, 0.1) is 17.5 Å². The Bertz CT molecular complexity index is 1030. The normalized spacial score (nSPS) is 10.9. The van der Waals surface area contributed by atoms with Gasteiger partial charge in [-0.25, -0.2) is 4.98 Å². The summed E-state index contributed by atoms with van der Waals surface area (Å²) in [6, 6.07) is 16.1. The van der Waals surface area contributed by atoms with Crippen LogP contribution in [0.25, 0.3) is 22.0 Å². The molecule has 0 unspecified atom stereocenters. The molecule has 24 heavy (non-hydrogen) atoms. The van der Waals surface area contributed by atoms with E-state index in [1.54, 1.807) is 13.0 Å². The third kappa shape index (κ3) is 2.70. The Morgan fingerprint density at radius 1 is 1.12 bits per heavy atom. The second-order valence-electron chi connectivity index (χ2n) is 5.44. The molecule has 1 N–H and O–H groups in total. The molecule has 0 fully saturated rings. The van der Waals surface area contributed by atoms with Crippen molar-refractivity contribution in [3.05, 3.63) is 71.5 Å². The fourth-order valence-electron chi connectivity index (χ4n) is 2.60. The van der Waals surface area contributed by atoms with Crippen molar-refractivity contribution in [3.8, 4) is 11.3 Å². The molecule has 0 saturated carbocycles. The number of hydrogen-bond donors (Lipinski definition) is 1. The summed E-state index contributed by atoms with van der Waals surface area (Å²) in [6.07, 6.45) is 1.51. The van der Waals surface area contributed by atoms with Crippen molar-refractivity contribution < 1.29 is 9.21 Å². The first-order valence-corrected chi connectivity index (χ1v) is 8.39. The molecular formula is C19H14N2O2S. The molecule has 5 heteroatoms. The zero-order valence-electron chi connectivity index (χ0n) is 12.9. The van der Waals surface area contributed by atoms with E-state index in [9.17, 15) is 4.79 Å². The van der Waals surface area contributed by atoms with E-state index in [4.69, 9.17) is 4.42 Å². The standard InChI is InChI=1S/C19H14N2O2S/c1-12-16(8-9-23-12)18(22)21-19-20-17(11-24-19)15-7-6-13-4-2-3-5-14(13)10-15/h2-11H,1H3,(H,20,21,22). The van der Waals surface area contributed by atoms with Crippen LogP contribution < -0.4 is 5.32 Å². The fourth-order valence-corrected chi connectivity index (χ4v) is 3.31. The van der Waals surface area contributed by atoms with Crippen LogP contribution in [-0.4, -0.2) is 10.9 Å². The van der Waals surface area contributed by atoms with E-state index in [1.807, 2.05) is 23.6 Å². The fraction of sp³-hybridized carbons (Fsp3) is 0.0526. The monoisotopic (exact) mass is 334 g/mol. The highest BCUT2D eigenvalue weighted by Gasteiger charge is 2.14. The molecule has 0 spiro atoms. The van der Waals surface area contributed by atoms with Crippen LogP contribution in [0.2, 0.25) is 0 Å². The summed E-state index contributed by atoms with van der Waals surface area (Å²) >= 11 is 1.41. The van der Waals surface area contributed by atoms with Crippen LogP contribution in [0.4, 0.5) is 5.13 Å². The smallest absolute Gasteiger partial charge is 0.260 e. The van der Waals surface area contributed by atoms with Crippen LogP contribution in [0.1, 0.15) is 16.1 Å². The molecule has 2 aromatic carbocycles. The minimum atomic E-state index is -0.208. The number of benzene rings is 2. The first-order chi connectivity index (χ1) is 11.7. The van der Waals surface area contributed by atoms with Crippen LogP contribution >= 0.6 is 11.3 Å². The Kier molecular flexibility index (Phi) is 3.63. The molecule has 0 radical (unpaired) electrons. The lowest BCUT2D eigenvalue weighted by Crippen LogP contribution is -2.11. The van der Waals surface area contributed by atoms with Crippen LogP contribution in [0.5, 0.6) is 0 Å². The predicted octanol–water partition coefficient (Wildman–Crippen LogP) is 5.12. The van der Waals surface area contributed by atoms with E-state index >= 15 is 0 Å². The third-order valence-corrected chi connectivity index (χ3v) is 4.63. The molecule has 118 valence electrons. The number of furan rings is 1. The average molecular weight is 334 g/mol. The second-order valence-corrected chi connectivity index (χ2v) is 6.30. The number of hydrogen-bond acceptors (Lipinski definition) is 4. The zero-order valence-corrected chi connectivity index (χ0v) is 13.8. The lowest BCUT2D eigenvalue weighted by Gasteiger charge is -2.01. The van der Waals surface area contributed by atoms with Gasteiger partial charge in [0.2, 0.25) is 0 Å². The van der Waals surface area contributed by atoms with Gasteiger partial charge in [0.15, 0.2) is 5.13 Å². The van der Waals surface area contributed by atoms with Gasteiger partial charge < -0.3 is 4.42 Å². The van der Waals surface area contributed by atoms with Crippen molar-refractivity contribution in [2.45, 2.75) is 6.92 Å². The topological polar surface area (TPSA) is 55.1 Å².